The van der Waals surface area contributed by atoms with Crippen molar-refractivity contribution in [3.63, 3.8) is 0 Å². The van der Waals surface area contributed by atoms with E-state index >= 15 is 0 Å². The first-order chi connectivity index (χ1) is 11.2. The number of carbonyl (C=O) groups is 1. The highest BCUT2D eigenvalue weighted by molar-refractivity contribution is 5.74. The zero-order valence-corrected chi connectivity index (χ0v) is 14.0. The van der Waals surface area contributed by atoms with Crippen LogP contribution in [0.5, 0.6) is 5.75 Å². The molecular formula is C18H26N2O3. The fraction of sp³-hybridized carbons (Fsp3) is 0.611. The van der Waals surface area contributed by atoms with Crippen molar-refractivity contribution >= 4 is 6.03 Å². The maximum absolute atomic E-state index is 12.5. The van der Waals surface area contributed by atoms with Gasteiger partial charge in [-0.1, -0.05) is 18.6 Å². The van der Waals surface area contributed by atoms with Crippen LogP contribution < -0.4 is 10.1 Å². The van der Waals surface area contributed by atoms with Crippen molar-refractivity contribution in [2.75, 3.05) is 27.3 Å². The summed E-state index contributed by atoms with van der Waals surface area (Å²) < 4.78 is 10.8. The first kappa shape index (κ1) is 16.1. The number of rotatable bonds is 4. The number of carbonyl (C=O) groups excluding carboxylic acids is 1. The molecule has 1 aliphatic heterocycles. The number of amides is 2. The molecule has 0 bridgehead atoms. The summed E-state index contributed by atoms with van der Waals surface area (Å²) in [7, 11) is 3.44. The molecule has 1 aliphatic carbocycles. The third-order valence-corrected chi connectivity index (χ3v) is 5.20. The second-order valence-electron chi connectivity index (χ2n) is 6.54. The Hall–Kier alpha value is -1.75. The van der Waals surface area contributed by atoms with Gasteiger partial charge in [-0.15, -0.1) is 0 Å². The van der Waals surface area contributed by atoms with E-state index in [-0.39, 0.29) is 6.03 Å². The molecule has 3 rings (SSSR count). The zero-order chi connectivity index (χ0) is 16.2. The molecule has 5 heteroatoms. The van der Waals surface area contributed by atoms with Crippen LogP contribution in [0.15, 0.2) is 24.3 Å². The summed E-state index contributed by atoms with van der Waals surface area (Å²) in [6.45, 7) is 2.19. The van der Waals surface area contributed by atoms with Crippen molar-refractivity contribution in [3.05, 3.63) is 29.8 Å². The number of nitrogens with zero attached hydrogens (tertiary/aromatic N) is 1. The number of fused-ring (bicyclic) bond motifs is 1. The predicted molar refractivity (Wildman–Crippen MR) is 88.4 cm³/mol. The lowest BCUT2D eigenvalue weighted by Gasteiger charge is -2.31. The molecule has 5 nitrogen and oxygen atoms in total. The van der Waals surface area contributed by atoms with Crippen LogP contribution in [-0.2, 0) is 11.3 Å². The predicted octanol–water partition coefficient (Wildman–Crippen LogP) is 2.65. The van der Waals surface area contributed by atoms with E-state index in [1.807, 2.05) is 29.2 Å². The van der Waals surface area contributed by atoms with E-state index in [0.717, 1.165) is 30.8 Å². The van der Waals surface area contributed by atoms with Gasteiger partial charge in [0.05, 0.1) is 13.2 Å². The maximum atomic E-state index is 12.5. The Kier molecular flexibility index (Phi) is 5.06. The lowest BCUT2D eigenvalue weighted by molar-refractivity contribution is 0.0130. The number of methoxy groups -OCH3 is 2. The minimum Gasteiger partial charge on any atom is -0.497 e. The molecule has 1 saturated heterocycles. The average Bonchev–Trinajstić information content (AvgIpc) is 3.04. The van der Waals surface area contributed by atoms with Crippen LogP contribution in [0.4, 0.5) is 4.79 Å². The van der Waals surface area contributed by atoms with E-state index in [1.54, 1.807) is 14.2 Å². The topological polar surface area (TPSA) is 50.8 Å². The summed E-state index contributed by atoms with van der Waals surface area (Å²) in [6, 6.07) is 7.81. The lowest BCUT2D eigenvalue weighted by atomic mass is 9.79. The Labute approximate surface area is 137 Å². The Balaban J connectivity index is 1.54. The summed E-state index contributed by atoms with van der Waals surface area (Å²) in [6.07, 6.45) is 3.85. The minimum absolute atomic E-state index is 0.0251. The highest BCUT2D eigenvalue weighted by atomic mass is 16.5. The van der Waals surface area contributed by atoms with Crippen molar-refractivity contribution < 1.29 is 14.3 Å². The third-order valence-electron chi connectivity index (χ3n) is 5.20. The molecular weight excluding hydrogens is 292 g/mol. The number of ether oxygens (including phenoxy) is 2. The number of benzene rings is 1. The Bertz CT molecular complexity index is 549. The quantitative estimate of drug-likeness (QED) is 0.928. The van der Waals surface area contributed by atoms with E-state index < -0.39 is 0 Å². The Morgan fingerprint density at radius 3 is 2.96 bits per heavy atom. The number of likely N-dealkylation sites (tertiary alicyclic amines) is 1. The molecule has 0 aromatic heterocycles. The summed E-state index contributed by atoms with van der Waals surface area (Å²) in [5.74, 6) is 1.90. The first-order valence-corrected chi connectivity index (χ1v) is 8.39. The van der Waals surface area contributed by atoms with Crippen LogP contribution in [0.1, 0.15) is 24.8 Å². The van der Waals surface area contributed by atoms with E-state index in [9.17, 15) is 4.79 Å². The lowest BCUT2D eigenvalue weighted by Crippen LogP contribution is -2.39. The highest BCUT2D eigenvalue weighted by Crippen LogP contribution is 2.37. The normalized spacial score (nSPS) is 26.7. The summed E-state index contributed by atoms with van der Waals surface area (Å²) in [5.41, 5.74) is 1.05. The van der Waals surface area contributed by atoms with Crippen LogP contribution >= 0.6 is 0 Å². The largest absolute Gasteiger partial charge is 0.497 e. The standard InChI is InChI=1S/C18H26N2O3/c1-22-15-7-3-5-13(9-15)10-19-18(21)20-11-14-6-4-8-17(23-2)16(14)12-20/h3,5,7,9,14,16-17H,4,6,8,10-12H2,1-2H3,(H,19,21)/t14-,16+,17-/m1/s1. The van der Waals surface area contributed by atoms with E-state index in [0.29, 0.717) is 24.5 Å². The van der Waals surface area contributed by atoms with Gasteiger partial charge in [0.15, 0.2) is 0 Å². The van der Waals surface area contributed by atoms with Crippen LogP contribution in [0.3, 0.4) is 0 Å². The van der Waals surface area contributed by atoms with Crippen molar-refractivity contribution in [2.45, 2.75) is 31.9 Å². The van der Waals surface area contributed by atoms with Gasteiger partial charge in [-0.3, -0.25) is 0 Å². The molecule has 1 saturated carbocycles. The van der Waals surface area contributed by atoms with Gasteiger partial charge in [-0.2, -0.15) is 0 Å². The molecule has 1 heterocycles. The smallest absolute Gasteiger partial charge is 0.317 e. The molecule has 23 heavy (non-hydrogen) atoms. The molecule has 2 aliphatic rings. The second-order valence-corrected chi connectivity index (χ2v) is 6.54. The molecule has 3 atom stereocenters. The molecule has 1 aromatic rings. The molecule has 126 valence electrons. The molecule has 2 fully saturated rings. The van der Waals surface area contributed by atoms with E-state index in [4.69, 9.17) is 9.47 Å². The zero-order valence-electron chi connectivity index (χ0n) is 14.0. The van der Waals surface area contributed by atoms with Crippen molar-refractivity contribution in [2.24, 2.45) is 11.8 Å². The Morgan fingerprint density at radius 1 is 1.30 bits per heavy atom. The van der Waals surface area contributed by atoms with Gasteiger partial charge in [0, 0.05) is 32.7 Å². The van der Waals surface area contributed by atoms with Gasteiger partial charge < -0.3 is 19.7 Å². The van der Waals surface area contributed by atoms with E-state index in [1.165, 1.54) is 12.8 Å². The molecule has 1 N–H and O–H groups in total. The number of hydrogen-bond acceptors (Lipinski definition) is 3. The maximum Gasteiger partial charge on any atom is 0.317 e. The number of hydrogen-bond donors (Lipinski definition) is 1. The molecule has 0 unspecified atom stereocenters. The van der Waals surface area contributed by atoms with Crippen LogP contribution in [0, 0.1) is 11.8 Å². The fourth-order valence-corrected chi connectivity index (χ4v) is 3.95. The van der Waals surface area contributed by atoms with E-state index in [2.05, 4.69) is 5.32 Å². The number of urea groups is 1. The summed E-state index contributed by atoms with van der Waals surface area (Å²) in [4.78, 5) is 14.4. The van der Waals surface area contributed by atoms with Crippen LogP contribution in [0.25, 0.3) is 0 Å². The van der Waals surface area contributed by atoms with Crippen LogP contribution in [0.2, 0.25) is 0 Å². The van der Waals surface area contributed by atoms with Gasteiger partial charge in [0.25, 0.3) is 0 Å². The minimum atomic E-state index is 0.0251. The number of nitrogens with one attached hydrogen (secondary N) is 1. The molecule has 2 amide bonds. The molecule has 0 spiro atoms. The Morgan fingerprint density at radius 2 is 2.17 bits per heavy atom. The fourth-order valence-electron chi connectivity index (χ4n) is 3.95. The van der Waals surface area contributed by atoms with Gasteiger partial charge in [-0.05, 0) is 36.5 Å². The summed E-state index contributed by atoms with van der Waals surface area (Å²) in [5, 5.41) is 3.03. The monoisotopic (exact) mass is 318 g/mol. The summed E-state index contributed by atoms with van der Waals surface area (Å²) >= 11 is 0. The van der Waals surface area contributed by atoms with Gasteiger partial charge in [0.2, 0.25) is 0 Å². The van der Waals surface area contributed by atoms with Crippen LogP contribution in [-0.4, -0.2) is 44.3 Å². The third kappa shape index (κ3) is 3.61. The highest BCUT2D eigenvalue weighted by Gasteiger charge is 2.41. The van der Waals surface area contributed by atoms with Gasteiger partial charge in [-0.25, -0.2) is 4.79 Å². The second kappa shape index (κ2) is 7.21. The van der Waals surface area contributed by atoms with Gasteiger partial charge in [0.1, 0.15) is 5.75 Å². The first-order valence-electron chi connectivity index (χ1n) is 8.39. The molecule has 0 radical (unpaired) electrons. The van der Waals surface area contributed by atoms with Crippen molar-refractivity contribution in [3.8, 4) is 5.75 Å². The average molecular weight is 318 g/mol. The van der Waals surface area contributed by atoms with Gasteiger partial charge >= 0.3 is 6.03 Å². The molecule has 1 aromatic carbocycles. The van der Waals surface area contributed by atoms with Crippen molar-refractivity contribution in [1.29, 1.82) is 0 Å². The van der Waals surface area contributed by atoms with Crippen molar-refractivity contribution in [1.82, 2.24) is 10.2 Å². The SMILES string of the molecule is COc1cccc(CNC(=O)N2C[C@H]3CCC[C@@H](OC)[C@H]3C2)c1.